The van der Waals surface area contributed by atoms with Gasteiger partial charge in [-0.25, -0.2) is 4.98 Å². The van der Waals surface area contributed by atoms with Crippen molar-refractivity contribution in [3.8, 4) is 0 Å². The molecule has 0 fully saturated rings. The summed E-state index contributed by atoms with van der Waals surface area (Å²) in [6.45, 7) is 4.02. The smallest absolute Gasteiger partial charge is 0.0922 e. The summed E-state index contributed by atoms with van der Waals surface area (Å²) in [5, 5.41) is 0. The molecule has 2 rings (SSSR count). The Morgan fingerprint density at radius 2 is 2.16 bits per heavy atom. The van der Waals surface area contributed by atoms with Crippen LogP contribution in [0.5, 0.6) is 0 Å². The number of allylic oxidation sites excluding steroid dienone is 1. The molecule has 0 aliphatic heterocycles. The highest BCUT2D eigenvalue weighted by Gasteiger charge is 2.04. The highest BCUT2D eigenvalue weighted by atomic mass is 79.9. The van der Waals surface area contributed by atoms with Crippen LogP contribution in [0.15, 0.2) is 40.1 Å². The van der Waals surface area contributed by atoms with Gasteiger partial charge in [-0.3, -0.25) is 9.98 Å². The van der Waals surface area contributed by atoms with Crippen LogP contribution in [-0.4, -0.2) is 22.2 Å². The van der Waals surface area contributed by atoms with E-state index in [-0.39, 0.29) is 6.04 Å². The number of halogens is 1. The van der Waals surface area contributed by atoms with Crippen molar-refractivity contribution in [1.29, 1.82) is 0 Å². The van der Waals surface area contributed by atoms with Gasteiger partial charge in [0.2, 0.25) is 0 Å². The Hall–Kier alpha value is -1.75. The van der Waals surface area contributed by atoms with Gasteiger partial charge in [0.25, 0.3) is 0 Å². The van der Waals surface area contributed by atoms with Gasteiger partial charge in [-0.15, -0.1) is 0 Å². The lowest BCUT2D eigenvalue weighted by Crippen LogP contribution is -1.98. The number of hydrogen-bond donors (Lipinski definition) is 1. The highest BCUT2D eigenvalue weighted by molar-refractivity contribution is 9.10. The van der Waals surface area contributed by atoms with Crippen LogP contribution in [0.4, 0.5) is 0 Å². The number of hydrogen-bond acceptors (Lipinski definition) is 4. The molecule has 0 amide bonds. The van der Waals surface area contributed by atoms with Gasteiger partial charge in [0.15, 0.2) is 0 Å². The molecule has 19 heavy (non-hydrogen) atoms. The molecule has 1 aromatic heterocycles. The molecule has 98 valence electrons. The van der Waals surface area contributed by atoms with Crippen LogP contribution in [0.2, 0.25) is 0 Å². The van der Waals surface area contributed by atoms with Crippen molar-refractivity contribution in [3.05, 3.63) is 40.8 Å². The van der Waals surface area contributed by atoms with Crippen LogP contribution in [0.3, 0.4) is 0 Å². The summed E-state index contributed by atoms with van der Waals surface area (Å²) in [6.07, 6.45) is 4.94. The van der Waals surface area contributed by atoms with E-state index in [1.807, 2.05) is 32.0 Å². The fraction of sp³-hybridized carbons (Fsp3) is 0.214. The second-order valence-corrected chi connectivity index (χ2v) is 5.30. The van der Waals surface area contributed by atoms with Gasteiger partial charge in [-0.05, 0) is 32.0 Å². The van der Waals surface area contributed by atoms with Crippen molar-refractivity contribution in [2.45, 2.75) is 19.9 Å². The monoisotopic (exact) mass is 318 g/mol. The summed E-state index contributed by atoms with van der Waals surface area (Å²) in [6, 6.07) is 6.01. The Bertz CT molecular complexity index is 647. The molecular formula is C14H15BrN4. The second-order valence-electron chi connectivity index (χ2n) is 4.38. The molecule has 0 aliphatic rings. The standard InChI is InChI=1S/C14H15BrN4/c1-9(2)17-7-10(6-16)14-8-18-12-4-3-11(15)5-13(12)19-14/h3-9H,16H2,1-2H3. The Balaban J connectivity index is 2.44. The fourth-order valence-electron chi connectivity index (χ4n) is 1.55. The summed E-state index contributed by atoms with van der Waals surface area (Å²) in [5.74, 6) is 0. The number of fused-ring (bicyclic) bond motifs is 1. The molecule has 0 atom stereocenters. The molecule has 0 bridgehead atoms. The molecule has 2 aromatic rings. The minimum Gasteiger partial charge on any atom is -0.404 e. The van der Waals surface area contributed by atoms with E-state index in [4.69, 9.17) is 5.73 Å². The summed E-state index contributed by atoms with van der Waals surface area (Å²) in [5.41, 5.74) is 8.80. The third-order valence-corrected chi connectivity index (χ3v) is 2.98. The van der Waals surface area contributed by atoms with Crippen molar-refractivity contribution in [3.63, 3.8) is 0 Å². The van der Waals surface area contributed by atoms with Crippen LogP contribution >= 0.6 is 15.9 Å². The van der Waals surface area contributed by atoms with Gasteiger partial charge < -0.3 is 5.73 Å². The van der Waals surface area contributed by atoms with E-state index in [0.717, 1.165) is 26.8 Å². The van der Waals surface area contributed by atoms with Crippen LogP contribution in [0.1, 0.15) is 19.5 Å². The fourth-order valence-corrected chi connectivity index (χ4v) is 1.90. The Morgan fingerprint density at radius 3 is 2.84 bits per heavy atom. The first-order valence-electron chi connectivity index (χ1n) is 5.98. The average molecular weight is 319 g/mol. The summed E-state index contributed by atoms with van der Waals surface area (Å²) >= 11 is 3.43. The van der Waals surface area contributed by atoms with E-state index < -0.39 is 0 Å². The van der Waals surface area contributed by atoms with E-state index >= 15 is 0 Å². The maximum absolute atomic E-state index is 5.63. The average Bonchev–Trinajstić information content (AvgIpc) is 2.38. The third-order valence-electron chi connectivity index (χ3n) is 2.49. The topological polar surface area (TPSA) is 64.2 Å². The third kappa shape index (κ3) is 3.38. The Labute approximate surface area is 120 Å². The number of nitrogens with zero attached hydrogens (tertiary/aromatic N) is 3. The summed E-state index contributed by atoms with van der Waals surface area (Å²) < 4.78 is 0.973. The quantitative estimate of drug-likeness (QED) is 0.884. The zero-order valence-electron chi connectivity index (χ0n) is 10.8. The first-order chi connectivity index (χ1) is 9.10. The van der Waals surface area contributed by atoms with E-state index in [1.54, 1.807) is 12.4 Å². The second kappa shape index (κ2) is 5.93. The molecule has 1 aromatic carbocycles. The molecule has 0 radical (unpaired) electrons. The summed E-state index contributed by atoms with van der Waals surface area (Å²) in [4.78, 5) is 13.2. The maximum atomic E-state index is 5.63. The van der Waals surface area contributed by atoms with E-state index in [1.165, 1.54) is 6.20 Å². The molecule has 1 heterocycles. The van der Waals surface area contributed by atoms with E-state index in [2.05, 4.69) is 30.9 Å². The normalized spacial score (nSPS) is 12.7. The molecule has 2 N–H and O–H groups in total. The minimum absolute atomic E-state index is 0.220. The van der Waals surface area contributed by atoms with Crippen molar-refractivity contribution in [2.24, 2.45) is 10.7 Å². The van der Waals surface area contributed by atoms with Gasteiger partial charge in [-0.2, -0.15) is 0 Å². The molecule has 0 spiro atoms. The van der Waals surface area contributed by atoms with Crippen LogP contribution in [0.25, 0.3) is 16.6 Å². The molecular weight excluding hydrogens is 304 g/mol. The van der Waals surface area contributed by atoms with Crippen molar-refractivity contribution in [2.75, 3.05) is 0 Å². The largest absolute Gasteiger partial charge is 0.404 e. The van der Waals surface area contributed by atoms with Crippen molar-refractivity contribution >= 4 is 38.8 Å². The molecule has 0 unspecified atom stereocenters. The summed E-state index contributed by atoms with van der Waals surface area (Å²) in [7, 11) is 0. The minimum atomic E-state index is 0.220. The van der Waals surface area contributed by atoms with Gasteiger partial charge in [0, 0.05) is 28.5 Å². The Morgan fingerprint density at radius 1 is 1.37 bits per heavy atom. The van der Waals surface area contributed by atoms with Gasteiger partial charge in [0.05, 0.1) is 22.9 Å². The van der Waals surface area contributed by atoms with Gasteiger partial charge in [-0.1, -0.05) is 15.9 Å². The van der Waals surface area contributed by atoms with E-state index in [0.29, 0.717) is 0 Å². The lowest BCUT2D eigenvalue weighted by Gasteiger charge is -2.03. The first-order valence-corrected chi connectivity index (χ1v) is 6.77. The SMILES string of the molecule is CC(C)N=CC(=CN)c1cnc2ccc(Br)cc2n1. The van der Waals surface area contributed by atoms with Crippen molar-refractivity contribution < 1.29 is 0 Å². The molecule has 0 saturated carbocycles. The van der Waals surface area contributed by atoms with Crippen LogP contribution in [0, 0.1) is 0 Å². The number of nitrogens with two attached hydrogens (primary N) is 1. The number of aromatic nitrogens is 2. The predicted molar refractivity (Wildman–Crippen MR) is 83.0 cm³/mol. The van der Waals surface area contributed by atoms with Crippen LogP contribution < -0.4 is 5.73 Å². The lowest BCUT2D eigenvalue weighted by atomic mass is 10.2. The van der Waals surface area contributed by atoms with E-state index in [9.17, 15) is 0 Å². The maximum Gasteiger partial charge on any atom is 0.0922 e. The Kier molecular flexibility index (Phi) is 4.27. The molecule has 0 aliphatic carbocycles. The van der Waals surface area contributed by atoms with Gasteiger partial charge in [0.1, 0.15) is 0 Å². The van der Waals surface area contributed by atoms with Crippen LogP contribution in [-0.2, 0) is 0 Å². The number of benzene rings is 1. The van der Waals surface area contributed by atoms with Gasteiger partial charge >= 0.3 is 0 Å². The molecule has 4 nitrogen and oxygen atoms in total. The highest BCUT2D eigenvalue weighted by Crippen LogP contribution is 2.18. The predicted octanol–water partition coefficient (Wildman–Crippen LogP) is 3.17. The zero-order valence-corrected chi connectivity index (χ0v) is 12.4. The van der Waals surface area contributed by atoms with Crippen molar-refractivity contribution in [1.82, 2.24) is 9.97 Å². The number of aliphatic imine (C=N–C) groups is 1. The zero-order chi connectivity index (χ0) is 13.8. The first kappa shape index (κ1) is 13.7. The number of rotatable bonds is 3. The molecule has 0 saturated heterocycles. The molecule has 5 heteroatoms. The lowest BCUT2D eigenvalue weighted by molar-refractivity contribution is 0.842.